The van der Waals surface area contributed by atoms with E-state index in [4.69, 9.17) is 0 Å². The lowest BCUT2D eigenvalue weighted by molar-refractivity contribution is -0.712. The number of carbonyl (C=O) groups excluding carboxylic acids is 1. The van der Waals surface area contributed by atoms with E-state index in [0.717, 1.165) is 34.0 Å². The van der Waals surface area contributed by atoms with Gasteiger partial charge in [0.2, 0.25) is 11.0 Å². The molecule has 1 aromatic heterocycles. The first-order valence-corrected chi connectivity index (χ1v) is 15.9. The van der Waals surface area contributed by atoms with Crippen LogP contribution in [0.3, 0.4) is 0 Å². The Balaban J connectivity index is 0.00000192. The number of aromatic nitrogens is 2. The van der Waals surface area contributed by atoms with E-state index in [1.165, 1.54) is 18.3 Å². The molecule has 2 unspecified atom stereocenters. The van der Waals surface area contributed by atoms with Crippen LogP contribution in [-0.4, -0.2) is 67.8 Å². The first kappa shape index (κ1) is 36.8. The zero-order chi connectivity index (χ0) is 34.5. The second-order valence-electron chi connectivity index (χ2n) is 11.0. The molecule has 0 aliphatic heterocycles. The Labute approximate surface area is 280 Å². The number of nitrogens with zero attached hydrogens (tertiary/aromatic N) is 5. The molecule has 1 heterocycles. The van der Waals surface area contributed by atoms with Gasteiger partial charge in [0, 0.05) is 69.7 Å². The second kappa shape index (κ2) is 17.9. The molecule has 13 nitrogen and oxygen atoms in total. The smallest absolute Gasteiger partial charge is 0.392 e. The van der Waals surface area contributed by atoms with Crippen LogP contribution >= 0.6 is 11.3 Å². The Kier molecular flexibility index (Phi) is 14.0. The van der Waals surface area contributed by atoms with Crippen LogP contribution in [0.25, 0.3) is 0 Å². The van der Waals surface area contributed by atoms with Crippen molar-refractivity contribution < 1.29 is 24.4 Å². The van der Waals surface area contributed by atoms with Crippen molar-refractivity contribution in [3.8, 4) is 0 Å². The molecule has 0 saturated heterocycles. The van der Waals surface area contributed by atoms with Gasteiger partial charge in [-0.3, -0.25) is 4.79 Å². The third-order valence-corrected chi connectivity index (χ3v) is 7.51. The molecule has 1 amide bonds. The summed E-state index contributed by atoms with van der Waals surface area (Å²) in [5, 5.41) is 47.1. The van der Waals surface area contributed by atoms with Crippen molar-refractivity contribution in [1.29, 1.82) is 0 Å². The number of rotatable bonds is 13. The number of carbonyl (C=O) groups is 1. The van der Waals surface area contributed by atoms with Crippen molar-refractivity contribution in [2.45, 2.75) is 39.9 Å². The van der Waals surface area contributed by atoms with Crippen molar-refractivity contribution in [2.75, 3.05) is 60.5 Å². The number of benzene rings is 3. The maximum Gasteiger partial charge on any atom is 0.431 e. The maximum atomic E-state index is 12.1. The molecular weight excluding hydrogens is 618 g/mol. The van der Waals surface area contributed by atoms with Gasteiger partial charge >= 0.3 is 5.13 Å². The highest BCUT2D eigenvalue weighted by Gasteiger charge is 2.23. The first-order chi connectivity index (χ1) is 22.4. The molecule has 0 aliphatic rings. The van der Waals surface area contributed by atoms with E-state index in [1.807, 2.05) is 79.5 Å². The molecule has 0 aliphatic carbocycles. The molecule has 14 heteroatoms. The lowest BCUT2D eigenvalue weighted by Gasteiger charge is -2.23. The second-order valence-corrected chi connectivity index (χ2v) is 12.0. The molecule has 0 fully saturated rings. The number of anilines is 7. The Morgan fingerprint density at radius 2 is 1.43 bits per heavy atom. The van der Waals surface area contributed by atoms with Gasteiger partial charge in [0.1, 0.15) is 12.7 Å². The maximum absolute atomic E-state index is 12.1. The fourth-order valence-corrected chi connectivity index (χ4v) is 5.26. The van der Waals surface area contributed by atoms with E-state index in [0.29, 0.717) is 34.7 Å². The van der Waals surface area contributed by atoms with Crippen LogP contribution in [0.15, 0.2) is 70.9 Å². The molecule has 0 radical (unpaired) electrons. The number of aliphatic hydroxyl groups excluding tert-OH is 2. The highest BCUT2D eigenvalue weighted by Crippen LogP contribution is 2.35. The van der Waals surface area contributed by atoms with Crippen LogP contribution in [0.1, 0.15) is 26.3 Å². The van der Waals surface area contributed by atoms with E-state index in [2.05, 4.69) is 41.3 Å². The third kappa shape index (κ3) is 11.6. The van der Waals surface area contributed by atoms with Crippen molar-refractivity contribution in [3.05, 3.63) is 66.2 Å². The molecule has 6 N–H and O–H groups in total. The SMILES string of the molecule is CNc1ccc(Nc2ccc(Nc3cc(NC(C)=O)c(N=Nc4sc(N(CC(C)O)CC(C)O)n[n+]4C)cc3C)cc2)cc1.COC. The monoisotopic (exact) mass is 664 g/mol. The number of amides is 1. The first-order valence-electron chi connectivity index (χ1n) is 15.1. The highest BCUT2D eigenvalue weighted by molar-refractivity contribution is 7.18. The van der Waals surface area contributed by atoms with Gasteiger partial charge in [0.05, 0.1) is 23.0 Å². The summed E-state index contributed by atoms with van der Waals surface area (Å²) >= 11 is 1.29. The fraction of sp³-hybridized carbons (Fsp3) is 0.364. The molecule has 0 bridgehead atoms. The van der Waals surface area contributed by atoms with Crippen molar-refractivity contribution in [1.82, 2.24) is 5.10 Å². The Hall–Kier alpha value is -4.63. The summed E-state index contributed by atoms with van der Waals surface area (Å²) in [7, 11) is 6.90. The van der Waals surface area contributed by atoms with Crippen LogP contribution < -0.4 is 30.8 Å². The molecular formula is C33H46N9O4S+. The average molecular weight is 665 g/mol. The summed E-state index contributed by atoms with van der Waals surface area (Å²) in [6.45, 7) is 7.41. The largest absolute Gasteiger partial charge is 0.431 e. The predicted molar refractivity (Wildman–Crippen MR) is 190 cm³/mol. The molecule has 4 rings (SSSR count). The normalized spacial score (nSPS) is 12.1. The number of azo groups is 1. The average Bonchev–Trinajstić information content (AvgIpc) is 3.39. The van der Waals surface area contributed by atoms with E-state index in [9.17, 15) is 15.0 Å². The van der Waals surface area contributed by atoms with Crippen LogP contribution in [-0.2, 0) is 16.6 Å². The van der Waals surface area contributed by atoms with E-state index in [-0.39, 0.29) is 5.91 Å². The standard InChI is InChI=1S/C31H39N9O3S.C2H6O/c1-19-15-29(36-37-30-39(6)38-31(44-30)40(17-20(2)41)18-21(3)42)28(33-22(4)43)16-27(19)35-26-13-11-25(12-14-26)34-24-9-7-23(32-5)8-10-24;1-3-2/h7-16,20-21,41-42H,17-18H2,1-6H3,(H3,32,33,34,35,36,43);1-2H3/p+1. The van der Waals surface area contributed by atoms with Crippen LogP contribution in [0, 0.1) is 6.92 Å². The van der Waals surface area contributed by atoms with Gasteiger partial charge in [-0.2, -0.15) is 0 Å². The lowest BCUT2D eigenvalue weighted by Crippen LogP contribution is -2.38. The Morgan fingerprint density at radius 1 is 0.915 bits per heavy atom. The van der Waals surface area contributed by atoms with Gasteiger partial charge in [-0.15, -0.1) is 4.68 Å². The quantitative estimate of drug-likeness (QED) is 0.0743. The van der Waals surface area contributed by atoms with Gasteiger partial charge in [-0.05, 0) is 103 Å². The van der Waals surface area contributed by atoms with Gasteiger partial charge in [0.25, 0.3) is 0 Å². The molecule has 4 aromatic rings. The summed E-state index contributed by atoms with van der Waals surface area (Å²) in [5.74, 6) is -0.230. The fourth-order valence-electron chi connectivity index (χ4n) is 4.40. The van der Waals surface area contributed by atoms with Gasteiger partial charge in [-0.25, -0.2) is 0 Å². The minimum absolute atomic E-state index is 0.230. The number of methoxy groups -OCH3 is 1. The number of ether oxygens (including phenoxy) is 1. The van der Waals surface area contributed by atoms with E-state index < -0.39 is 12.2 Å². The minimum atomic E-state index is -0.598. The summed E-state index contributed by atoms with van der Waals surface area (Å²) in [5.41, 5.74) is 6.61. The summed E-state index contributed by atoms with van der Waals surface area (Å²) in [6, 6.07) is 19.7. The van der Waals surface area contributed by atoms with E-state index >= 15 is 0 Å². The minimum Gasteiger partial charge on any atom is -0.392 e. The van der Waals surface area contributed by atoms with Crippen LogP contribution in [0.2, 0.25) is 0 Å². The Morgan fingerprint density at radius 3 is 1.91 bits per heavy atom. The molecule has 3 aromatic carbocycles. The molecule has 252 valence electrons. The van der Waals surface area contributed by atoms with Crippen molar-refractivity contribution in [3.63, 3.8) is 0 Å². The van der Waals surface area contributed by atoms with Crippen molar-refractivity contribution >= 4 is 67.3 Å². The lowest BCUT2D eigenvalue weighted by atomic mass is 10.1. The van der Waals surface area contributed by atoms with Crippen LogP contribution in [0.5, 0.6) is 0 Å². The van der Waals surface area contributed by atoms with Gasteiger partial charge < -0.3 is 41.1 Å². The van der Waals surface area contributed by atoms with Gasteiger partial charge in [-0.1, -0.05) is 5.10 Å². The zero-order valence-electron chi connectivity index (χ0n) is 28.2. The Bertz CT molecular complexity index is 1600. The summed E-state index contributed by atoms with van der Waals surface area (Å²) in [4.78, 5) is 13.9. The molecule has 0 spiro atoms. The van der Waals surface area contributed by atoms with Crippen LogP contribution in [0.4, 0.5) is 50.1 Å². The predicted octanol–water partition coefficient (Wildman–Crippen LogP) is 6.01. The third-order valence-electron chi connectivity index (χ3n) is 6.46. The number of hydrogen-bond donors (Lipinski definition) is 6. The number of aliphatic hydroxyl groups is 2. The van der Waals surface area contributed by atoms with Gasteiger partial charge in [0.15, 0.2) is 0 Å². The molecule has 2 atom stereocenters. The zero-order valence-corrected chi connectivity index (χ0v) is 29.0. The summed E-state index contributed by atoms with van der Waals surface area (Å²) < 4.78 is 5.84. The molecule has 0 saturated carbocycles. The number of aryl methyl sites for hydroxylation is 2. The van der Waals surface area contributed by atoms with Crippen molar-refractivity contribution in [2.24, 2.45) is 17.3 Å². The topological polar surface area (TPSA) is 160 Å². The van der Waals surface area contributed by atoms with E-state index in [1.54, 1.807) is 39.8 Å². The molecule has 47 heavy (non-hydrogen) atoms. The number of nitrogens with one attached hydrogen (secondary N) is 4. The summed E-state index contributed by atoms with van der Waals surface area (Å²) in [6.07, 6.45) is -1.20. The number of hydrogen-bond acceptors (Lipinski definition) is 12. The highest BCUT2D eigenvalue weighted by atomic mass is 32.1.